The first kappa shape index (κ1) is 20.1. The molecule has 0 saturated carbocycles. The first-order chi connectivity index (χ1) is 12.5. The van der Waals surface area contributed by atoms with Gasteiger partial charge in [-0.15, -0.1) is 0 Å². The number of rotatable bonds is 8. The maximum atomic E-state index is 11.5. The predicted octanol–water partition coefficient (Wildman–Crippen LogP) is 5.43. The van der Waals surface area contributed by atoms with E-state index < -0.39 is 5.97 Å². The van der Waals surface area contributed by atoms with Crippen LogP contribution in [0, 0.1) is 0 Å². The van der Waals surface area contributed by atoms with Gasteiger partial charge < -0.3 is 14.2 Å². The van der Waals surface area contributed by atoms with Crippen LogP contribution in [0.1, 0.15) is 11.1 Å². The minimum atomic E-state index is -0.442. The summed E-state index contributed by atoms with van der Waals surface area (Å²) in [5.41, 5.74) is 1.75. The molecule has 0 heterocycles. The van der Waals surface area contributed by atoms with Crippen LogP contribution in [0.3, 0.4) is 0 Å². The van der Waals surface area contributed by atoms with Gasteiger partial charge in [0.2, 0.25) is 0 Å². The van der Waals surface area contributed by atoms with Gasteiger partial charge in [0.25, 0.3) is 0 Å². The summed E-state index contributed by atoms with van der Waals surface area (Å²) in [6.07, 6.45) is 4.50. The van der Waals surface area contributed by atoms with Gasteiger partial charge in [0.15, 0.2) is 11.5 Å². The van der Waals surface area contributed by atoms with Crippen molar-refractivity contribution in [2.75, 3.05) is 13.7 Å². The predicted molar refractivity (Wildman–Crippen MR) is 107 cm³/mol. The van der Waals surface area contributed by atoms with Crippen LogP contribution in [-0.4, -0.2) is 19.7 Å². The van der Waals surface area contributed by atoms with Crippen LogP contribution in [0.15, 0.2) is 59.6 Å². The van der Waals surface area contributed by atoms with Gasteiger partial charge in [0.1, 0.15) is 13.2 Å². The van der Waals surface area contributed by atoms with E-state index in [4.69, 9.17) is 25.8 Å². The monoisotopic (exact) mass is 436 g/mol. The molecule has 0 spiro atoms. The molecule has 2 rings (SSSR count). The fourth-order valence-electron chi connectivity index (χ4n) is 2.07. The fourth-order valence-corrected chi connectivity index (χ4v) is 2.77. The van der Waals surface area contributed by atoms with E-state index in [1.165, 1.54) is 12.2 Å². The third-order valence-corrected chi connectivity index (χ3v) is 4.14. The van der Waals surface area contributed by atoms with Crippen molar-refractivity contribution in [3.05, 3.63) is 75.8 Å². The Morgan fingerprint density at radius 1 is 1.27 bits per heavy atom. The smallest absolute Gasteiger partial charge is 0.331 e. The molecule has 0 N–H and O–H groups in total. The minimum Gasteiger partial charge on any atom is -0.493 e. The Kier molecular flexibility index (Phi) is 7.75. The highest BCUT2D eigenvalue weighted by Crippen LogP contribution is 2.37. The summed E-state index contributed by atoms with van der Waals surface area (Å²) in [5, 5.41) is 0.676. The van der Waals surface area contributed by atoms with Gasteiger partial charge in [-0.2, -0.15) is 0 Å². The molecule has 0 aliphatic heterocycles. The Hall–Kier alpha value is -2.24. The standard InChI is InChI=1S/C20H18BrClO4/c1-3-10-25-19(23)9-6-15-11-17(21)20(18(12-15)24-2)26-13-14-4-7-16(22)8-5-14/h3-9,11-12H,1,10,13H2,2H3/b9-6+. The third kappa shape index (κ3) is 5.93. The molecule has 2 aromatic rings. The SMILES string of the molecule is C=CCOC(=O)/C=C/c1cc(Br)c(OCc2ccc(Cl)cc2)c(OC)c1. The lowest BCUT2D eigenvalue weighted by Gasteiger charge is -2.13. The number of esters is 1. The molecule has 2 aromatic carbocycles. The second kappa shape index (κ2) is 10.0. The van der Waals surface area contributed by atoms with Crippen LogP contribution in [0.2, 0.25) is 5.02 Å². The lowest BCUT2D eigenvalue weighted by molar-refractivity contribution is -0.136. The van der Waals surface area contributed by atoms with E-state index in [9.17, 15) is 4.79 Å². The number of ether oxygens (including phenoxy) is 3. The van der Waals surface area contributed by atoms with Crippen molar-refractivity contribution in [2.24, 2.45) is 0 Å². The second-order valence-electron chi connectivity index (χ2n) is 5.20. The molecule has 0 fully saturated rings. The van der Waals surface area contributed by atoms with Crippen molar-refractivity contribution in [1.29, 1.82) is 0 Å². The van der Waals surface area contributed by atoms with Crippen LogP contribution in [0.5, 0.6) is 11.5 Å². The van der Waals surface area contributed by atoms with Gasteiger partial charge in [-0.1, -0.05) is 36.4 Å². The maximum absolute atomic E-state index is 11.5. The summed E-state index contributed by atoms with van der Waals surface area (Å²) in [5.74, 6) is 0.685. The Morgan fingerprint density at radius 2 is 2.00 bits per heavy atom. The molecule has 4 nitrogen and oxygen atoms in total. The van der Waals surface area contributed by atoms with Gasteiger partial charge in [0, 0.05) is 11.1 Å². The lowest BCUT2D eigenvalue weighted by atomic mass is 10.2. The van der Waals surface area contributed by atoms with E-state index in [2.05, 4.69) is 22.5 Å². The average Bonchev–Trinajstić information content (AvgIpc) is 2.64. The van der Waals surface area contributed by atoms with Crippen molar-refractivity contribution >= 4 is 39.6 Å². The normalized spacial score (nSPS) is 10.6. The van der Waals surface area contributed by atoms with Crippen LogP contribution in [0.25, 0.3) is 6.08 Å². The first-order valence-corrected chi connectivity index (χ1v) is 8.91. The van der Waals surface area contributed by atoms with E-state index >= 15 is 0 Å². The highest BCUT2D eigenvalue weighted by Gasteiger charge is 2.11. The summed E-state index contributed by atoms with van der Waals surface area (Å²) >= 11 is 9.37. The van der Waals surface area contributed by atoms with Crippen LogP contribution < -0.4 is 9.47 Å². The van der Waals surface area contributed by atoms with Crippen molar-refractivity contribution < 1.29 is 19.0 Å². The summed E-state index contributed by atoms with van der Waals surface area (Å²) in [4.78, 5) is 11.5. The van der Waals surface area contributed by atoms with Crippen molar-refractivity contribution in [2.45, 2.75) is 6.61 Å². The van der Waals surface area contributed by atoms with Crippen molar-refractivity contribution in [1.82, 2.24) is 0 Å². The maximum Gasteiger partial charge on any atom is 0.331 e. The molecule has 0 aliphatic rings. The van der Waals surface area contributed by atoms with E-state index in [1.807, 2.05) is 30.3 Å². The zero-order chi connectivity index (χ0) is 18.9. The summed E-state index contributed by atoms with van der Waals surface area (Å²) < 4.78 is 16.9. The number of hydrogen-bond donors (Lipinski definition) is 0. The molecule has 6 heteroatoms. The Labute approximate surface area is 166 Å². The van der Waals surface area contributed by atoms with Gasteiger partial charge in [-0.25, -0.2) is 4.79 Å². The lowest BCUT2D eigenvalue weighted by Crippen LogP contribution is -2.00. The first-order valence-electron chi connectivity index (χ1n) is 7.74. The fraction of sp³-hybridized carbons (Fsp3) is 0.150. The van der Waals surface area contributed by atoms with Gasteiger partial charge in [-0.05, 0) is 57.4 Å². The Balaban J connectivity index is 2.12. The summed E-state index contributed by atoms with van der Waals surface area (Å²) in [7, 11) is 1.56. The van der Waals surface area contributed by atoms with Gasteiger partial charge >= 0.3 is 5.97 Å². The van der Waals surface area contributed by atoms with Crippen LogP contribution >= 0.6 is 27.5 Å². The summed E-state index contributed by atoms with van der Waals surface area (Å²) in [6.45, 7) is 4.04. The molecule has 0 radical (unpaired) electrons. The summed E-state index contributed by atoms with van der Waals surface area (Å²) in [6, 6.07) is 11.0. The molecule has 0 amide bonds. The van der Waals surface area contributed by atoms with E-state index in [-0.39, 0.29) is 6.61 Å². The van der Waals surface area contributed by atoms with Crippen molar-refractivity contribution in [3.8, 4) is 11.5 Å². The zero-order valence-electron chi connectivity index (χ0n) is 14.2. The average molecular weight is 438 g/mol. The minimum absolute atomic E-state index is 0.174. The number of hydrogen-bond acceptors (Lipinski definition) is 4. The zero-order valence-corrected chi connectivity index (χ0v) is 16.5. The van der Waals surface area contributed by atoms with Gasteiger partial charge in [-0.3, -0.25) is 0 Å². The molecule has 0 atom stereocenters. The number of methoxy groups -OCH3 is 1. The number of carbonyl (C=O) groups is 1. The molecule has 136 valence electrons. The van der Waals surface area contributed by atoms with Crippen LogP contribution in [-0.2, 0) is 16.1 Å². The molecule has 0 unspecified atom stereocenters. The highest BCUT2D eigenvalue weighted by molar-refractivity contribution is 9.10. The quantitative estimate of drug-likeness (QED) is 0.314. The molecule has 0 aliphatic carbocycles. The Morgan fingerprint density at radius 3 is 2.65 bits per heavy atom. The van der Waals surface area contributed by atoms with Crippen molar-refractivity contribution in [3.63, 3.8) is 0 Å². The van der Waals surface area contributed by atoms with Gasteiger partial charge in [0.05, 0.1) is 11.6 Å². The van der Waals surface area contributed by atoms with E-state index in [1.54, 1.807) is 19.3 Å². The van der Waals surface area contributed by atoms with E-state index in [0.29, 0.717) is 27.6 Å². The topological polar surface area (TPSA) is 44.8 Å². The third-order valence-electron chi connectivity index (χ3n) is 3.30. The number of carbonyl (C=O) groups excluding carboxylic acids is 1. The molecular formula is C20H18BrClO4. The van der Waals surface area contributed by atoms with Crippen LogP contribution in [0.4, 0.5) is 0 Å². The molecule has 0 aromatic heterocycles. The van der Waals surface area contributed by atoms with E-state index in [0.717, 1.165) is 11.1 Å². The highest BCUT2D eigenvalue weighted by atomic mass is 79.9. The molecule has 0 saturated heterocycles. The molecule has 26 heavy (non-hydrogen) atoms. The Bertz CT molecular complexity index is 800. The molecule has 0 bridgehead atoms. The molecular weight excluding hydrogens is 420 g/mol. The second-order valence-corrected chi connectivity index (χ2v) is 6.49. The number of halogens is 2. The largest absolute Gasteiger partial charge is 0.493 e. The number of benzene rings is 2.